The van der Waals surface area contributed by atoms with Crippen LogP contribution >= 0.6 is 0 Å². The number of hydroxylamine groups is 1. The van der Waals surface area contributed by atoms with Gasteiger partial charge in [-0.1, -0.05) is 36.4 Å². The molecule has 2 aromatic carbocycles. The van der Waals surface area contributed by atoms with E-state index in [1.165, 1.54) is 5.56 Å². The van der Waals surface area contributed by atoms with Gasteiger partial charge < -0.3 is 9.47 Å². The minimum Gasteiger partial charge on any atom is -0.494 e. The van der Waals surface area contributed by atoms with Crippen molar-refractivity contribution in [3.8, 4) is 5.75 Å². The van der Waals surface area contributed by atoms with Crippen LogP contribution in [0.5, 0.6) is 5.75 Å². The standard InChI is InChI=1S/C25H28NO4/c1-3-29-25(27)23-22(18-11-12-18)20-14-13-19(16-21(20)24(23)26(2)28)30-15-7-10-17-8-5-4-6-9-17/h4-6,8-9,13-14,16,18,28H,3,7,10-12,15H2,1-2H3/q+1. The molecule has 0 spiro atoms. The van der Waals surface area contributed by atoms with Crippen LogP contribution in [0.25, 0.3) is 5.57 Å². The predicted molar refractivity (Wildman–Crippen MR) is 115 cm³/mol. The summed E-state index contributed by atoms with van der Waals surface area (Å²) in [5.41, 5.74) is 5.10. The number of fused-ring (bicyclic) bond motifs is 1. The van der Waals surface area contributed by atoms with Gasteiger partial charge in [0.15, 0.2) is 7.05 Å². The Hall–Kier alpha value is -3.08. The van der Waals surface area contributed by atoms with Gasteiger partial charge in [0.2, 0.25) is 0 Å². The van der Waals surface area contributed by atoms with Crippen LogP contribution in [-0.2, 0) is 16.0 Å². The third-order valence-electron chi connectivity index (χ3n) is 5.55. The quantitative estimate of drug-likeness (QED) is 0.234. The maximum Gasteiger partial charge on any atom is 0.345 e. The molecule has 0 bridgehead atoms. The summed E-state index contributed by atoms with van der Waals surface area (Å²) in [6.45, 7) is 2.70. The smallest absolute Gasteiger partial charge is 0.345 e. The van der Waals surface area contributed by atoms with Crippen molar-refractivity contribution in [3.05, 3.63) is 70.8 Å². The number of carbonyl (C=O) groups is 1. The number of aryl methyl sites for hydroxylation is 1. The molecular formula is C25H28NO4+. The van der Waals surface area contributed by atoms with Crippen molar-refractivity contribution in [3.63, 3.8) is 0 Å². The van der Waals surface area contributed by atoms with E-state index in [-0.39, 0.29) is 5.97 Å². The second-order valence-corrected chi connectivity index (χ2v) is 7.80. The third-order valence-corrected chi connectivity index (χ3v) is 5.55. The van der Waals surface area contributed by atoms with Crippen LogP contribution in [0.3, 0.4) is 0 Å². The van der Waals surface area contributed by atoms with Gasteiger partial charge in [-0.05, 0) is 72.1 Å². The van der Waals surface area contributed by atoms with E-state index in [2.05, 4.69) is 12.1 Å². The molecule has 1 N–H and O–H groups in total. The first-order valence-corrected chi connectivity index (χ1v) is 10.6. The molecule has 0 atom stereocenters. The maximum atomic E-state index is 12.7. The van der Waals surface area contributed by atoms with Crippen molar-refractivity contribution in [2.45, 2.75) is 32.6 Å². The van der Waals surface area contributed by atoms with Crippen molar-refractivity contribution in [1.82, 2.24) is 0 Å². The molecule has 2 aliphatic rings. The van der Waals surface area contributed by atoms with E-state index < -0.39 is 0 Å². The zero-order valence-electron chi connectivity index (χ0n) is 17.6. The van der Waals surface area contributed by atoms with E-state index in [0.717, 1.165) is 52.9 Å². The molecule has 1 saturated carbocycles. The molecule has 1 fully saturated rings. The number of carbonyl (C=O) groups excluding carboxylic acids is 1. The van der Waals surface area contributed by atoms with Crippen molar-refractivity contribution in [2.24, 2.45) is 5.92 Å². The second-order valence-electron chi connectivity index (χ2n) is 7.80. The molecule has 2 aliphatic carbocycles. The molecule has 0 aromatic heterocycles. The number of benzene rings is 2. The van der Waals surface area contributed by atoms with E-state index in [9.17, 15) is 10.0 Å². The fourth-order valence-electron chi connectivity index (χ4n) is 4.09. The number of allylic oxidation sites excluding steroid dienone is 1. The molecule has 0 amide bonds. The molecule has 5 heteroatoms. The van der Waals surface area contributed by atoms with E-state index in [0.29, 0.717) is 30.4 Å². The SMILES string of the molecule is CCOC(=O)C1=C(C2CC2)c2ccc(OCCCc3ccccc3)cc2C1=[N+](C)O. The normalized spacial score (nSPS) is 17.0. The van der Waals surface area contributed by atoms with Crippen molar-refractivity contribution in [1.29, 1.82) is 0 Å². The van der Waals surface area contributed by atoms with Gasteiger partial charge in [0, 0.05) is 0 Å². The lowest BCUT2D eigenvalue weighted by molar-refractivity contribution is -0.753. The monoisotopic (exact) mass is 406 g/mol. The summed E-state index contributed by atoms with van der Waals surface area (Å²) in [5.74, 6) is 0.705. The molecule has 156 valence electrons. The third kappa shape index (κ3) is 4.11. The average molecular weight is 407 g/mol. The Bertz CT molecular complexity index is 999. The first-order valence-electron chi connectivity index (χ1n) is 10.6. The second kappa shape index (κ2) is 8.74. The van der Waals surface area contributed by atoms with E-state index in [1.54, 1.807) is 14.0 Å². The summed E-state index contributed by atoms with van der Waals surface area (Å²) in [7, 11) is 1.54. The van der Waals surface area contributed by atoms with Gasteiger partial charge in [0.25, 0.3) is 5.71 Å². The predicted octanol–water partition coefficient (Wildman–Crippen LogP) is 4.26. The zero-order chi connectivity index (χ0) is 21.1. The summed E-state index contributed by atoms with van der Waals surface area (Å²) in [6, 6.07) is 16.2. The van der Waals surface area contributed by atoms with E-state index in [4.69, 9.17) is 9.47 Å². The Morgan fingerprint density at radius 2 is 1.90 bits per heavy atom. The number of nitrogens with zero attached hydrogens (tertiary/aromatic N) is 1. The summed E-state index contributed by atoms with van der Waals surface area (Å²) in [6.07, 6.45) is 3.98. The van der Waals surface area contributed by atoms with Crippen molar-refractivity contribution < 1.29 is 24.2 Å². The fraction of sp³-hybridized carbons (Fsp3) is 0.360. The van der Waals surface area contributed by atoms with E-state index in [1.807, 2.05) is 36.4 Å². The number of esters is 1. The highest BCUT2D eigenvalue weighted by molar-refractivity contribution is 6.34. The highest BCUT2D eigenvalue weighted by Gasteiger charge is 2.45. The van der Waals surface area contributed by atoms with Crippen LogP contribution in [0.4, 0.5) is 0 Å². The van der Waals surface area contributed by atoms with Gasteiger partial charge >= 0.3 is 5.97 Å². The van der Waals surface area contributed by atoms with Gasteiger partial charge in [-0.15, -0.1) is 0 Å². The number of hydrogen-bond acceptors (Lipinski definition) is 4. The molecule has 2 aromatic rings. The summed E-state index contributed by atoms with van der Waals surface area (Å²) < 4.78 is 12.3. The van der Waals surface area contributed by atoms with Crippen LogP contribution in [0, 0.1) is 5.92 Å². The molecule has 0 unspecified atom stereocenters. The van der Waals surface area contributed by atoms with E-state index >= 15 is 0 Å². The summed E-state index contributed by atoms with van der Waals surface area (Å²) in [5, 5.41) is 10.4. The van der Waals surface area contributed by atoms with Gasteiger partial charge in [-0.3, -0.25) is 5.21 Å². The number of rotatable bonds is 8. The van der Waals surface area contributed by atoms with Crippen LogP contribution in [0.15, 0.2) is 54.1 Å². The van der Waals surface area contributed by atoms with Crippen LogP contribution in [0.2, 0.25) is 0 Å². The summed E-state index contributed by atoms with van der Waals surface area (Å²) >= 11 is 0. The minimum absolute atomic E-state index is 0.300. The van der Waals surface area contributed by atoms with Crippen molar-refractivity contribution in [2.75, 3.05) is 20.3 Å². The maximum absolute atomic E-state index is 12.7. The molecular weight excluding hydrogens is 378 g/mol. The molecule has 4 rings (SSSR count). The lowest BCUT2D eigenvalue weighted by Gasteiger charge is -2.09. The molecule has 0 heterocycles. The molecule has 0 saturated heterocycles. The molecule has 5 nitrogen and oxygen atoms in total. The summed E-state index contributed by atoms with van der Waals surface area (Å²) in [4.78, 5) is 12.7. The Labute approximate surface area is 177 Å². The lowest BCUT2D eigenvalue weighted by atomic mass is 10.0. The molecule has 30 heavy (non-hydrogen) atoms. The Balaban J connectivity index is 1.54. The Morgan fingerprint density at radius 1 is 1.13 bits per heavy atom. The van der Waals surface area contributed by atoms with Crippen LogP contribution in [0.1, 0.15) is 42.9 Å². The zero-order valence-corrected chi connectivity index (χ0v) is 17.6. The lowest BCUT2D eigenvalue weighted by Crippen LogP contribution is -2.22. The number of ether oxygens (including phenoxy) is 2. The van der Waals surface area contributed by atoms with Gasteiger partial charge in [-0.25, -0.2) is 4.79 Å². The van der Waals surface area contributed by atoms with Gasteiger partial charge in [-0.2, -0.15) is 0 Å². The number of hydrogen-bond donors (Lipinski definition) is 1. The van der Waals surface area contributed by atoms with Crippen LogP contribution in [-0.4, -0.2) is 41.9 Å². The first kappa shape index (κ1) is 20.2. The largest absolute Gasteiger partial charge is 0.494 e. The Kier molecular flexibility index (Phi) is 5.88. The van der Waals surface area contributed by atoms with Gasteiger partial charge in [0.05, 0.1) is 18.8 Å². The minimum atomic E-state index is -0.378. The van der Waals surface area contributed by atoms with Gasteiger partial charge in [0.1, 0.15) is 11.3 Å². The first-order chi connectivity index (χ1) is 14.6. The highest BCUT2D eigenvalue weighted by Crippen LogP contribution is 2.49. The average Bonchev–Trinajstić information content (AvgIpc) is 3.52. The molecule has 0 aliphatic heterocycles. The highest BCUT2D eigenvalue weighted by atomic mass is 16.5. The molecule has 0 radical (unpaired) electrons. The van der Waals surface area contributed by atoms with Crippen LogP contribution < -0.4 is 4.74 Å². The fourth-order valence-corrected chi connectivity index (χ4v) is 4.09. The topological polar surface area (TPSA) is 58.8 Å². The van der Waals surface area contributed by atoms with Crippen molar-refractivity contribution >= 4 is 17.3 Å². The Morgan fingerprint density at radius 3 is 2.57 bits per heavy atom.